The maximum atomic E-state index is 11.6. The molecule has 0 saturated carbocycles. The van der Waals surface area contributed by atoms with Crippen LogP contribution in [-0.2, 0) is 16.8 Å². The molecule has 1 heterocycles. The molecule has 0 radical (unpaired) electrons. The molecule has 0 aliphatic carbocycles. The van der Waals surface area contributed by atoms with Crippen LogP contribution >= 0.6 is 11.8 Å². The molecule has 0 spiro atoms. The Kier molecular flexibility index (Phi) is 6.20. The number of amides is 3. The van der Waals surface area contributed by atoms with Crippen molar-refractivity contribution >= 4 is 23.7 Å². The van der Waals surface area contributed by atoms with E-state index in [1.165, 1.54) is 17.3 Å². The number of hydrogen-bond donors (Lipinski definition) is 2. The fourth-order valence-corrected chi connectivity index (χ4v) is 3.07. The number of primary amides is 1. The molecule has 0 bridgehead atoms. The molecule has 3 amide bonds. The number of urea groups is 1. The Balaban J connectivity index is 2.24. The van der Waals surface area contributed by atoms with Crippen LogP contribution in [0.5, 0.6) is 0 Å². The smallest absolute Gasteiger partial charge is 0.318 e. The summed E-state index contributed by atoms with van der Waals surface area (Å²) in [5.74, 6) is 0.233. The third-order valence-electron chi connectivity index (χ3n) is 3.63. The summed E-state index contributed by atoms with van der Waals surface area (Å²) in [4.78, 5) is 22.3. The van der Waals surface area contributed by atoms with Gasteiger partial charge < -0.3 is 5.73 Å². The van der Waals surface area contributed by atoms with Crippen LogP contribution in [0.15, 0.2) is 42.1 Å². The van der Waals surface area contributed by atoms with Gasteiger partial charge in [-0.25, -0.2) is 4.79 Å². The Hall–Kier alpha value is -2.61. The molecule has 0 saturated heterocycles. The van der Waals surface area contributed by atoms with E-state index in [0.29, 0.717) is 17.5 Å². The van der Waals surface area contributed by atoms with Crippen molar-refractivity contribution in [2.75, 3.05) is 5.75 Å². The third-order valence-corrected chi connectivity index (χ3v) is 4.60. The number of benzene rings is 1. The summed E-state index contributed by atoms with van der Waals surface area (Å²) in [6, 6.07) is 7.31. The first kappa shape index (κ1) is 19.7. The average molecular weight is 373 g/mol. The number of allylic oxidation sites excluding steroid dienone is 1. The highest BCUT2D eigenvalue weighted by Crippen LogP contribution is 2.27. The summed E-state index contributed by atoms with van der Waals surface area (Å²) < 4.78 is 1.88. The number of carbonyl (C=O) groups is 2. The molecule has 2 aromatic rings. The van der Waals surface area contributed by atoms with Crippen molar-refractivity contribution in [2.24, 2.45) is 5.73 Å². The van der Waals surface area contributed by atoms with Crippen molar-refractivity contribution in [3.05, 3.63) is 42.5 Å². The van der Waals surface area contributed by atoms with Gasteiger partial charge in [0.05, 0.1) is 5.75 Å². The van der Waals surface area contributed by atoms with Crippen molar-refractivity contribution in [1.29, 1.82) is 0 Å². The summed E-state index contributed by atoms with van der Waals surface area (Å²) in [6.45, 7) is 10.8. The number of nitrogens with one attached hydrogen (secondary N) is 1. The molecule has 138 valence electrons. The minimum absolute atomic E-state index is 0.0151. The predicted molar refractivity (Wildman–Crippen MR) is 103 cm³/mol. The fourth-order valence-electron chi connectivity index (χ4n) is 2.33. The molecule has 0 unspecified atom stereocenters. The van der Waals surface area contributed by atoms with Gasteiger partial charge in [0.1, 0.15) is 0 Å². The minimum atomic E-state index is -0.872. The highest BCUT2D eigenvalue weighted by molar-refractivity contribution is 7.99. The molecule has 2 rings (SSSR count). The zero-order valence-electron chi connectivity index (χ0n) is 15.2. The van der Waals surface area contributed by atoms with Gasteiger partial charge in [-0.2, -0.15) is 0 Å². The SMILES string of the molecule is C=CCn1c(SCC(=O)NC(N)=O)nnc1-c1ccc(C(C)(C)C)cc1. The highest BCUT2D eigenvalue weighted by atomic mass is 32.2. The van der Waals surface area contributed by atoms with Gasteiger partial charge in [0.15, 0.2) is 11.0 Å². The molecule has 0 fully saturated rings. The highest BCUT2D eigenvalue weighted by Gasteiger charge is 2.17. The van der Waals surface area contributed by atoms with E-state index in [-0.39, 0.29) is 11.2 Å². The van der Waals surface area contributed by atoms with Gasteiger partial charge in [0.25, 0.3) is 0 Å². The van der Waals surface area contributed by atoms with Crippen molar-refractivity contribution in [3.8, 4) is 11.4 Å². The molecule has 1 aromatic heterocycles. The number of thioether (sulfide) groups is 1. The summed E-state index contributed by atoms with van der Waals surface area (Å²) in [7, 11) is 0. The van der Waals surface area contributed by atoms with Crippen LogP contribution in [0.25, 0.3) is 11.4 Å². The van der Waals surface area contributed by atoms with E-state index in [0.717, 1.165) is 5.56 Å². The topological polar surface area (TPSA) is 103 Å². The van der Waals surface area contributed by atoms with Crippen molar-refractivity contribution in [1.82, 2.24) is 20.1 Å². The van der Waals surface area contributed by atoms with Gasteiger partial charge in [0.2, 0.25) is 5.91 Å². The van der Waals surface area contributed by atoms with Crippen molar-refractivity contribution < 1.29 is 9.59 Å². The number of rotatable bonds is 6. The van der Waals surface area contributed by atoms with Gasteiger partial charge in [-0.15, -0.1) is 16.8 Å². The number of aromatic nitrogens is 3. The van der Waals surface area contributed by atoms with E-state index < -0.39 is 11.9 Å². The number of hydrogen-bond acceptors (Lipinski definition) is 5. The lowest BCUT2D eigenvalue weighted by molar-refractivity contribution is -0.117. The van der Waals surface area contributed by atoms with Gasteiger partial charge >= 0.3 is 6.03 Å². The zero-order chi connectivity index (χ0) is 19.3. The van der Waals surface area contributed by atoms with E-state index in [1.807, 2.05) is 22.0 Å². The predicted octanol–water partition coefficient (Wildman–Crippen LogP) is 2.72. The van der Waals surface area contributed by atoms with Crippen LogP contribution in [0, 0.1) is 0 Å². The van der Waals surface area contributed by atoms with Gasteiger partial charge in [-0.3, -0.25) is 14.7 Å². The van der Waals surface area contributed by atoms with E-state index in [2.05, 4.69) is 49.7 Å². The van der Waals surface area contributed by atoms with Crippen LogP contribution < -0.4 is 11.1 Å². The Morgan fingerprint density at radius 3 is 2.46 bits per heavy atom. The lowest BCUT2D eigenvalue weighted by Gasteiger charge is -2.19. The van der Waals surface area contributed by atoms with E-state index >= 15 is 0 Å². The van der Waals surface area contributed by atoms with Crippen LogP contribution in [0.3, 0.4) is 0 Å². The maximum absolute atomic E-state index is 11.6. The van der Waals surface area contributed by atoms with Gasteiger partial charge in [0, 0.05) is 12.1 Å². The maximum Gasteiger partial charge on any atom is 0.318 e. The first-order valence-corrected chi connectivity index (χ1v) is 9.08. The normalized spacial score (nSPS) is 11.2. The first-order valence-electron chi connectivity index (χ1n) is 8.09. The lowest BCUT2D eigenvalue weighted by atomic mass is 9.87. The molecule has 0 aliphatic heterocycles. The van der Waals surface area contributed by atoms with Crippen molar-refractivity contribution in [2.45, 2.75) is 37.9 Å². The second kappa shape index (κ2) is 8.18. The Bertz CT molecular complexity index is 806. The van der Waals surface area contributed by atoms with E-state index in [4.69, 9.17) is 5.73 Å². The molecule has 26 heavy (non-hydrogen) atoms. The Morgan fingerprint density at radius 1 is 1.27 bits per heavy atom. The lowest BCUT2D eigenvalue weighted by Crippen LogP contribution is -2.36. The second-order valence-electron chi connectivity index (χ2n) is 6.73. The van der Waals surface area contributed by atoms with Crippen molar-refractivity contribution in [3.63, 3.8) is 0 Å². The monoisotopic (exact) mass is 373 g/mol. The van der Waals surface area contributed by atoms with Gasteiger partial charge in [-0.1, -0.05) is 62.9 Å². The summed E-state index contributed by atoms with van der Waals surface area (Å²) in [5.41, 5.74) is 7.17. The second-order valence-corrected chi connectivity index (χ2v) is 7.68. The standard InChI is InChI=1S/C18H23N5O2S/c1-5-10-23-15(12-6-8-13(9-7-12)18(2,3)4)21-22-17(23)26-11-14(24)20-16(19)25/h5-9H,1,10-11H2,2-4H3,(H3,19,20,24,25). The minimum Gasteiger partial charge on any atom is -0.351 e. The summed E-state index contributed by atoms with van der Waals surface area (Å²) in [5, 5.41) is 11.0. The molecule has 0 aliphatic rings. The molecule has 0 atom stereocenters. The summed E-state index contributed by atoms with van der Waals surface area (Å²) >= 11 is 1.18. The Labute approximate surface area is 157 Å². The molecule has 1 aromatic carbocycles. The number of nitrogens with two attached hydrogens (primary N) is 1. The quantitative estimate of drug-likeness (QED) is 0.599. The average Bonchev–Trinajstić information content (AvgIpc) is 2.95. The first-order chi connectivity index (χ1) is 12.2. The molecule has 7 nitrogen and oxygen atoms in total. The fraction of sp³-hybridized carbons (Fsp3) is 0.333. The number of imide groups is 1. The molecular formula is C18H23N5O2S. The van der Waals surface area contributed by atoms with Crippen LogP contribution in [0.4, 0.5) is 4.79 Å². The van der Waals surface area contributed by atoms with Crippen LogP contribution in [0.2, 0.25) is 0 Å². The van der Waals surface area contributed by atoms with Gasteiger partial charge in [-0.05, 0) is 11.0 Å². The third kappa shape index (κ3) is 4.95. The molecule has 3 N–H and O–H groups in total. The zero-order valence-corrected chi connectivity index (χ0v) is 16.0. The summed E-state index contributed by atoms with van der Waals surface area (Å²) in [6.07, 6.45) is 1.74. The molecule has 8 heteroatoms. The van der Waals surface area contributed by atoms with E-state index in [1.54, 1.807) is 6.08 Å². The number of nitrogens with zero attached hydrogens (tertiary/aromatic N) is 3. The number of carbonyl (C=O) groups excluding carboxylic acids is 2. The van der Waals surface area contributed by atoms with E-state index in [9.17, 15) is 9.59 Å². The van der Waals surface area contributed by atoms with Crippen LogP contribution in [-0.4, -0.2) is 32.5 Å². The van der Waals surface area contributed by atoms with Crippen LogP contribution in [0.1, 0.15) is 26.3 Å². The molecular weight excluding hydrogens is 350 g/mol. The Morgan fingerprint density at radius 2 is 1.92 bits per heavy atom. The largest absolute Gasteiger partial charge is 0.351 e.